The second kappa shape index (κ2) is 6.17. The van der Waals surface area contributed by atoms with Gasteiger partial charge in [0.05, 0.1) is 0 Å². The summed E-state index contributed by atoms with van der Waals surface area (Å²) in [5, 5.41) is 10.2. The van der Waals surface area contributed by atoms with E-state index in [9.17, 15) is 5.11 Å². The molecule has 1 aliphatic rings. The first-order valence-electron chi connectivity index (χ1n) is 7.83. The minimum Gasteiger partial charge on any atom is -0.508 e. The van der Waals surface area contributed by atoms with E-state index in [0.29, 0.717) is 11.7 Å². The molecule has 1 saturated carbocycles. The lowest BCUT2D eigenvalue weighted by molar-refractivity contribution is 0.414. The van der Waals surface area contributed by atoms with Crippen molar-refractivity contribution in [3.63, 3.8) is 0 Å². The van der Waals surface area contributed by atoms with Gasteiger partial charge in [-0.05, 0) is 53.2 Å². The molecule has 0 atom stereocenters. The molecule has 0 unspecified atom stereocenters. The summed E-state index contributed by atoms with van der Waals surface area (Å²) in [6.45, 7) is 4.23. The molecule has 21 heavy (non-hydrogen) atoms. The van der Waals surface area contributed by atoms with E-state index < -0.39 is 0 Å². The number of benzene rings is 2. The van der Waals surface area contributed by atoms with E-state index in [1.807, 2.05) is 30.3 Å². The van der Waals surface area contributed by atoms with Gasteiger partial charge in [-0.3, -0.25) is 0 Å². The lowest BCUT2D eigenvalue weighted by Crippen LogP contribution is -2.05. The maximum atomic E-state index is 10.2. The Labute approximate surface area is 127 Å². The van der Waals surface area contributed by atoms with Gasteiger partial charge in [0.1, 0.15) is 5.75 Å². The van der Waals surface area contributed by atoms with Crippen molar-refractivity contribution in [1.82, 2.24) is 0 Å². The highest BCUT2D eigenvalue weighted by Crippen LogP contribution is 2.38. The van der Waals surface area contributed by atoms with Crippen LogP contribution in [0.2, 0.25) is 0 Å². The predicted octanol–water partition coefficient (Wildman–Crippen LogP) is 5.50. The number of hydrogen-bond donors (Lipinski definition) is 1. The summed E-state index contributed by atoms with van der Waals surface area (Å²) < 4.78 is 0. The van der Waals surface area contributed by atoms with Crippen molar-refractivity contribution in [2.24, 2.45) is 0 Å². The number of phenols is 1. The predicted molar refractivity (Wildman–Crippen MR) is 88.5 cm³/mol. The van der Waals surface area contributed by atoms with Gasteiger partial charge in [0.25, 0.3) is 0 Å². The van der Waals surface area contributed by atoms with E-state index in [-0.39, 0.29) is 0 Å². The van der Waals surface area contributed by atoms with Crippen LogP contribution in [0.5, 0.6) is 5.75 Å². The Balaban J connectivity index is 1.92. The topological polar surface area (TPSA) is 20.2 Å². The highest BCUT2D eigenvalue weighted by molar-refractivity contribution is 5.78. The molecule has 0 radical (unpaired) electrons. The zero-order valence-electron chi connectivity index (χ0n) is 12.4. The third-order valence-corrected chi connectivity index (χ3v) is 4.54. The fraction of sp³-hybridized carbons (Fsp3) is 0.300. The van der Waals surface area contributed by atoms with Crippen molar-refractivity contribution >= 4 is 5.57 Å². The van der Waals surface area contributed by atoms with Crippen LogP contribution in [0.25, 0.3) is 5.57 Å². The maximum absolute atomic E-state index is 10.2. The van der Waals surface area contributed by atoms with Gasteiger partial charge in [0.15, 0.2) is 0 Å². The summed E-state index contributed by atoms with van der Waals surface area (Å²) in [7, 11) is 0. The molecule has 1 aliphatic carbocycles. The Morgan fingerprint density at radius 1 is 0.905 bits per heavy atom. The average molecular weight is 278 g/mol. The highest BCUT2D eigenvalue weighted by atomic mass is 16.3. The van der Waals surface area contributed by atoms with Crippen LogP contribution in [-0.4, -0.2) is 5.11 Å². The monoisotopic (exact) mass is 278 g/mol. The quantitative estimate of drug-likeness (QED) is 0.785. The van der Waals surface area contributed by atoms with Gasteiger partial charge in [-0.25, -0.2) is 0 Å². The molecular weight excluding hydrogens is 256 g/mol. The Kier molecular flexibility index (Phi) is 4.10. The lowest BCUT2D eigenvalue weighted by atomic mass is 9.82. The molecule has 1 heteroatoms. The first kappa shape index (κ1) is 13.9. The van der Waals surface area contributed by atoms with Crippen LogP contribution >= 0.6 is 0 Å². The maximum Gasteiger partial charge on any atom is 0.119 e. The number of rotatable bonds is 3. The van der Waals surface area contributed by atoms with Crippen molar-refractivity contribution in [3.8, 4) is 5.75 Å². The Bertz CT molecular complexity index is 622. The molecular formula is C20H22O. The van der Waals surface area contributed by atoms with Crippen LogP contribution in [-0.2, 0) is 0 Å². The minimum absolute atomic E-state index is 0.437. The van der Waals surface area contributed by atoms with Gasteiger partial charge in [-0.2, -0.15) is 0 Å². The van der Waals surface area contributed by atoms with Gasteiger partial charge >= 0.3 is 0 Å². The summed E-state index contributed by atoms with van der Waals surface area (Å²) in [5.74, 6) is 0.939. The summed E-state index contributed by atoms with van der Waals surface area (Å²) in [5.41, 5.74) is 4.37. The fourth-order valence-electron chi connectivity index (χ4n) is 3.29. The van der Waals surface area contributed by atoms with Crippen LogP contribution in [0.3, 0.4) is 0 Å². The average Bonchev–Trinajstić information content (AvgIpc) is 2.56. The summed E-state index contributed by atoms with van der Waals surface area (Å²) >= 11 is 0. The van der Waals surface area contributed by atoms with E-state index >= 15 is 0 Å². The molecule has 0 spiro atoms. The number of aromatic hydroxyl groups is 1. The summed E-state index contributed by atoms with van der Waals surface area (Å²) in [4.78, 5) is 0. The van der Waals surface area contributed by atoms with Crippen LogP contribution < -0.4 is 0 Å². The Morgan fingerprint density at radius 3 is 2.33 bits per heavy atom. The lowest BCUT2D eigenvalue weighted by Gasteiger charge is -2.23. The third kappa shape index (κ3) is 3.02. The smallest absolute Gasteiger partial charge is 0.119 e. The molecule has 0 bridgehead atoms. The SMILES string of the molecule is C=C(c1ccccc1)c1ccc(O)c(C2CCCCC2)c1. The molecule has 1 nitrogen and oxygen atoms in total. The summed E-state index contributed by atoms with van der Waals surface area (Å²) in [6, 6.07) is 16.2. The molecule has 0 amide bonds. The normalized spacial score (nSPS) is 15.8. The largest absolute Gasteiger partial charge is 0.508 e. The molecule has 0 aliphatic heterocycles. The van der Waals surface area contributed by atoms with Crippen molar-refractivity contribution in [2.75, 3.05) is 0 Å². The zero-order valence-corrected chi connectivity index (χ0v) is 12.4. The second-order valence-electron chi connectivity index (χ2n) is 5.95. The fourth-order valence-corrected chi connectivity index (χ4v) is 3.29. The van der Waals surface area contributed by atoms with Gasteiger partial charge in [0, 0.05) is 0 Å². The van der Waals surface area contributed by atoms with Crippen LogP contribution in [0.15, 0.2) is 55.1 Å². The zero-order chi connectivity index (χ0) is 14.7. The third-order valence-electron chi connectivity index (χ3n) is 4.54. The molecule has 0 saturated heterocycles. The summed E-state index contributed by atoms with van der Waals surface area (Å²) in [6.07, 6.45) is 6.25. The minimum atomic E-state index is 0.437. The molecule has 1 fully saturated rings. The van der Waals surface area contributed by atoms with Gasteiger partial charge < -0.3 is 5.11 Å². The van der Waals surface area contributed by atoms with Crippen LogP contribution in [0.1, 0.15) is 54.7 Å². The number of phenolic OH excluding ortho intramolecular Hbond substituents is 1. The number of hydrogen-bond acceptors (Lipinski definition) is 1. The molecule has 2 aromatic rings. The first-order chi connectivity index (χ1) is 10.3. The van der Waals surface area contributed by atoms with E-state index in [4.69, 9.17) is 0 Å². The van der Waals surface area contributed by atoms with Gasteiger partial charge in [-0.1, -0.05) is 62.2 Å². The highest BCUT2D eigenvalue weighted by Gasteiger charge is 2.19. The van der Waals surface area contributed by atoms with Crippen LogP contribution in [0.4, 0.5) is 0 Å². The van der Waals surface area contributed by atoms with Crippen molar-refractivity contribution in [3.05, 3.63) is 71.8 Å². The second-order valence-corrected chi connectivity index (χ2v) is 5.95. The molecule has 108 valence electrons. The van der Waals surface area contributed by atoms with E-state index in [1.165, 1.54) is 32.1 Å². The van der Waals surface area contributed by atoms with E-state index in [0.717, 1.165) is 22.3 Å². The van der Waals surface area contributed by atoms with Crippen molar-refractivity contribution in [1.29, 1.82) is 0 Å². The first-order valence-corrected chi connectivity index (χ1v) is 7.83. The van der Waals surface area contributed by atoms with Gasteiger partial charge in [-0.15, -0.1) is 0 Å². The Hall–Kier alpha value is -2.02. The Morgan fingerprint density at radius 2 is 1.62 bits per heavy atom. The molecule has 1 N–H and O–H groups in total. The van der Waals surface area contributed by atoms with E-state index in [2.05, 4.69) is 24.8 Å². The van der Waals surface area contributed by atoms with Gasteiger partial charge in [0.2, 0.25) is 0 Å². The molecule has 2 aromatic carbocycles. The molecule has 3 rings (SSSR count). The van der Waals surface area contributed by atoms with Crippen molar-refractivity contribution in [2.45, 2.75) is 38.0 Å². The van der Waals surface area contributed by atoms with Crippen LogP contribution in [0, 0.1) is 0 Å². The van der Waals surface area contributed by atoms with E-state index in [1.54, 1.807) is 0 Å². The molecule has 0 heterocycles. The van der Waals surface area contributed by atoms with Crippen molar-refractivity contribution < 1.29 is 5.11 Å². The standard InChI is InChI=1S/C20H22O/c1-15(16-8-4-2-5-9-16)18-12-13-20(21)19(14-18)17-10-6-3-7-11-17/h2,4-5,8-9,12-14,17,21H,1,3,6-7,10-11H2. The molecule has 0 aromatic heterocycles.